The topological polar surface area (TPSA) is 47.6 Å². The number of hydrogen-bond acceptors (Lipinski definition) is 3. The first kappa shape index (κ1) is 25.5. The van der Waals surface area contributed by atoms with Gasteiger partial charge in [-0.15, -0.1) is 0 Å². The number of amides is 1. The molecule has 0 aliphatic heterocycles. The van der Waals surface area contributed by atoms with Gasteiger partial charge in [-0.3, -0.25) is 4.79 Å². The summed E-state index contributed by atoms with van der Waals surface area (Å²) in [5.41, 5.74) is -0.692. The van der Waals surface area contributed by atoms with Gasteiger partial charge in [-0.2, -0.15) is 13.2 Å². The Balaban J connectivity index is 1.79. The summed E-state index contributed by atoms with van der Waals surface area (Å²) in [6.07, 6.45) is -2.58. The maximum atomic E-state index is 12.6. The SMILES string of the molecule is O=C(NCCCOc1c(Cl)cc(OCC=C(Cl)Cl)cc1Cl)c1ccc(C(F)(F)F)cc1. The number of carbonyl (C=O) groups excluding carboxylic acids is 1. The first-order valence-corrected chi connectivity index (χ1v) is 10.3. The zero-order valence-electron chi connectivity index (χ0n) is 15.7. The molecule has 0 heterocycles. The van der Waals surface area contributed by atoms with E-state index in [0.29, 0.717) is 12.2 Å². The van der Waals surface area contributed by atoms with Gasteiger partial charge < -0.3 is 14.8 Å². The Bertz CT molecular complexity index is 907. The van der Waals surface area contributed by atoms with Crippen LogP contribution in [0, 0.1) is 0 Å². The van der Waals surface area contributed by atoms with E-state index in [2.05, 4.69) is 5.32 Å². The normalized spacial score (nSPS) is 11.1. The molecule has 0 saturated heterocycles. The largest absolute Gasteiger partial charge is 0.490 e. The van der Waals surface area contributed by atoms with Gasteiger partial charge in [-0.1, -0.05) is 46.4 Å². The van der Waals surface area contributed by atoms with Crippen LogP contribution < -0.4 is 14.8 Å². The monoisotopic (exact) mass is 515 g/mol. The van der Waals surface area contributed by atoms with E-state index < -0.39 is 17.6 Å². The van der Waals surface area contributed by atoms with Crippen molar-refractivity contribution in [2.45, 2.75) is 12.6 Å². The predicted octanol–water partition coefficient (Wildman–Crippen LogP) is 6.91. The van der Waals surface area contributed by atoms with E-state index in [1.54, 1.807) is 0 Å². The van der Waals surface area contributed by atoms with Crippen LogP contribution in [0.3, 0.4) is 0 Å². The standard InChI is InChI=1S/C20H16Cl4F3NO3/c21-15-10-14(30-9-6-17(23)24)11-16(22)18(15)31-8-1-7-28-19(29)12-2-4-13(5-3-12)20(25,26)27/h2-6,10-11H,1,7-9H2,(H,28,29). The Morgan fingerprint density at radius 3 is 2.19 bits per heavy atom. The van der Waals surface area contributed by atoms with E-state index in [1.807, 2.05) is 0 Å². The number of rotatable bonds is 9. The van der Waals surface area contributed by atoms with Crippen molar-refractivity contribution in [3.63, 3.8) is 0 Å². The van der Waals surface area contributed by atoms with E-state index in [-0.39, 0.29) is 45.6 Å². The zero-order chi connectivity index (χ0) is 23.0. The number of carbonyl (C=O) groups is 1. The summed E-state index contributed by atoms with van der Waals surface area (Å²) in [6.45, 7) is 0.563. The molecular weight excluding hydrogens is 501 g/mol. The molecule has 0 fully saturated rings. The summed E-state index contributed by atoms with van der Waals surface area (Å²) in [5.74, 6) is 0.171. The molecule has 0 unspecified atom stereocenters. The van der Waals surface area contributed by atoms with Crippen LogP contribution in [0.25, 0.3) is 0 Å². The summed E-state index contributed by atoms with van der Waals surface area (Å²) in [4.78, 5) is 12.0. The number of benzene rings is 2. The number of nitrogens with one attached hydrogen (secondary N) is 1. The zero-order valence-corrected chi connectivity index (χ0v) is 18.8. The lowest BCUT2D eigenvalue weighted by Gasteiger charge is -2.12. The van der Waals surface area contributed by atoms with Gasteiger partial charge in [0.15, 0.2) is 5.75 Å². The predicted molar refractivity (Wildman–Crippen MR) is 116 cm³/mol. The van der Waals surface area contributed by atoms with Crippen molar-refractivity contribution in [3.8, 4) is 11.5 Å². The molecule has 2 aromatic carbocycles. The van der Waals surface area contributed by atoms with Gasteiger partial charge in [0.1, 0.15) is 16.8 Å². The van der Waals surface area contributed by atoms with Crippen molar-refractivity contribution in [1.29, 1.82) is 0 Å². The molecule has 0 saturated carbocycles. The number of alkyl halides is 3. The maximum absolute atomic E-state index is 12.6. The van der Waals surface area contributed by atoms with Crippen LogP contribution in [0.2, 0.25) is 10.0 Å². The Labute approximate surface area is 196 Å². The molecule has 0 radical (unpaired) electrons. The molecular formula is C20H16Cl4F3NO3. The molecule has 0 aliphatic rings. The average Bonchev–Trinajstić information content (AvgIpc) is 2.68. The van der Waals surface area contributed by atoms with Gasteiger partial charge >= 0.3 is 6.18 Å². The minimum absolute atomic E-state index is 0.0718. The molecule has 31 heavy (non-hydrogen) atoms. The lowest BCUT2D eigenvalue weighted by molar-refractivity contribution is -0.137. The highest BCUT2D eigenvalue weighted by Crippen LogP contribution is 2.37. The highest BCUT2D eigenvalue weighted by molar-refractivity contribution is 6.55. The first-order valence-electron chi connectivity index (χ1n) is 8.79. The first-order chi connectivity index (χ1) is 14.6. The third-order valence-electron chi connectivity index (χ3n) is 3.79. The van der Waals surface area contributed by atoms with Crippen LogP contribution in [0.1, 0.15) is 22.3 Å². The fraction of sp³-hybridized carbons (Fsp3) is 0.250. The van der Waals surface area contributed by atoms with Crippen molar-refractivity contribution in [1.82, 2.24) is 5.32 Å². The van der Waals surface area contributed by atoms with Crippen molar-refractivity contribution < 1.29 is 27.4 Å². The highest BCUT2D eigenvalue weighted by atomic mass is 35.5. The second kappa shape index (κ2) is 11.7. The quantitative estimate of drug-likeness (QED) is 0.368. The van der Waals surface area contributed by atoms with Crippen LogP contribution in [0.5, 0.6) is 11.5 Å². The second-order valence-electron chi connectivity index (χ2n) is 6.05. The van der Waals surface area contributed by atoms with Crippen molar-refractivity contribution in [2.24, 2.45) is 0 Å². The lowest BCUT2D eigenvalue weighted by Crippen LogP contribution is -2.25. The van der Waals surface area contributed by atoms with Crippen LogP contribution >= 0.6 is 46.4 Å². The fourth-order valence-corrected chi connectivity index (χ4v) is 3.02. The third kappa shape index (κ3) is 8.33. The second-order valence-corrected chi connectivity index (χ2v) is 7.88. The average molecular weight is 517 g/mol. The Hall–Kier alpha value is -1.80. The highest BCUT2D eigenvalue weighted by Gasteiger charge is 2.30. The van der Waals surface area contributed by atoms with Gasteiger partial charge in [0, 0.05) is 24.2 Å². The Morgan fingerprint density at radius 2 is 1.65 bits per heavy atom. The van der Waals surface area contributed by atoms with E-state index in [4.69, 9.17) is 55.9 Å². The van der Waals surface area contributed by atoms with Crippen molar-refractivity contribution in [2.75, 3.05) is 19.8 Å². The summed E-state index contributed by atoms with van der Waals surface area (Å²) in [6, 6.07) is 6.99. The number of ether oxygens (including phenoxy) is 2. The molecule has 0 aromatic heterocycles. The molecule has 2 rings (SSSR count). The molecule has 168 valence electrons. The van der Waals surface area contributed by atoms with Gasteiger partial charge in [-0.05, 0) is 36.8 Å². The van der Waals surface area contributed by atoms with Crippen LogP contribution in [0.4, 0.5) is 13.2 Å². The van der Waals surface area contributed by atoms with Crippen molar-refractivity contribution >= 4 is 52.3 Å². The fourth-order valence-electron chi connectivity index (χ4n) is 2.32. The van der Waals surface area contributed by atoms with E-state index >= 15 is 0 Å². The molecule has 0 atom stereocenters. The lowest BCUT2D eigenvalue weighted by atomic mass is 10.1. The Morgan fingerprint density at radius 1 is 1.03 bits per heavy atom. The van der Waals surface area contributed by atoms with Gasteiger partial charge in [-0.25, -0.2) is 0 Å². The maximum Gasteiger partial charge on any atom is 0.416 e. The van der Waals surface area contributed by atoms with Gasteiger partial charge in [0.2, 0.25) is 0 Å². The summed E-state index contributed by atoms with van der Waals surface area (Å²) in [5, 5.41) is 3.07. The molecule has 1 N–H and O–H groups in total. The summed E-state index contributed by atoms with van der Waals surface area (Å²) >= 11 is 23.3. The smallest absolute Gasteiger partial charge is 0.416 e. The summed E-state index contributed by atoms with van der Waals surface area (Å²) < 4.78 is 48.7. The minimum Gasteiger partial charge on any atom is -0.490 e. The van der Waals surface area contributed by atoms with Crippen molar-refractivity contribution in [3.05, 3.63) is 68.1 Å². The minimum atomic E-state index is -4.45. The van der Waals surface area contributed by atoms with Crippen LogP contribution in [-0.4, -0.2) is 25.7 Å². The van der Waals surface area contributed by atoms with Gasteiger partial charge in [0.25, 0.3) is 5.91 Å². The number of hydrogen-bond donors (Lipinski definition) is 1. The third-order valence-corrected chi connectivity index (χ3v) is 4.66. The Kier molecular flexibility index (Phi) is 9.62. The molecule has 2 aromatic rings. The summed E-state index contributed by atoms with van der Waals surface area (Å²) in [7, 11) is 0. The molecule has 1 amide bonds. The number of halogens is 7. The molecule has 0 aliphatic carbocycles. The molecule has 0 spiro atoms. The van der Waals surface area contributed by atoms with Crippen LogP contribution in [0.15, 0.2) is 47.0 Å². The van der Waals surface area contributed by atoms with E-state index in [0.717, 1.165) is 24.3 Å². The van der Waals surface area contributed by atoms with Crippen LogP contribution in [-0.2, 0) is 6.18 Å². The van der Waals surface area contributed by atoms with E-state index in [1.165, 1.54) is 18.2 Å². The molecule has 11 heteroatoms. The van der Waals surface area contributed by atoms with E-state index in [9.17, 15) is 18.0 Å². The van der Waals surface area contributed by atoms with Gasteiger partial charge in [0.05, 0.1) is 22.2 Å². The molecule has 0 bridgehead atoms. The molecule has 4 nitrogen and oxygen atoms in total.